The van der Waals surface area contributed by atoms with E-state index in [0.717, 1.165) is 44.9 Å². The summed E-state index contributed by atoms with van der Waals surface area (Å²) in [4.78, 5) is 23.6. The van der Waals surface area contributed by atoms with Crippen LogP contribution >= 0.6 is 0 Å². The minimum absolute atomic E-state index is 0.0127. The molecule has 4 aliphatic rings. The van der Waals surface area contributed by atoms with E-state index < -0.39 is 0 Å². The largest absolute Gasteiger partial charge is 0.462 e. The first kappa shape index (κ1) is 15.5. The van der Waals surface area contributed by atoms with Crippen LogP contribution in [0.3, 0.4) is 0 Å². The predicted molar refractivity (Wildman–Crippen MR) is 86.2 cm³/mol. The van der Waals surface area contributed by atoms with Crippen LogP contribution in [0.15, 0.2) is 0 Å². The highest BCUT2D eigenvalue weighted by Crippen LogP contribution is 2.65. The highest BCUT2D eigenvalue weighted by atomic mass is 16.5. The molecule has 3 saturated carbocycles. The molecule has 2 N–H and O–H groups in total. The standard InChI is InChI=1S/C19H29NO3/c1-18-9-7-13-11(12(18)4-5-14(18)17(20)22)3-6-15-19(13,2)10-8-16(21)23-15/h11-15H,3-10H2,1-2H3,(H2,20,22)/t11-,12-,13-,14+,15+,18-,19+/m0/s1. The lowest BCUT2D eigenvalue weighted by Crippen LogP contribution is -2.56. The predicted octanol–water partition coefficient (Wildman–Crippen LogP) is 3.04. The maximum Gasteiger partial charge on any atom is 0.306 e. The lowest BCUT2D eigenvalue weighted by Gasteiger charge is -2.59. The number of hydrogen-bond acceptors (Lipinski definition) is 3. The molecular formula is C19H29NO3. The normalized spacial score (nSPS) is 52.1. The summed E-state index contributed by atoms with van der Waals surface area (Å²) in [7, 11) is 0. The van der Waals surface area contributed by atoms with Crippen LogP contribution in [0.5, 0.6) is 0 Å². The molecule has 3 aliphatic carbocycles. The van der Waals surface area contributed by atoms with Crippen LogP contribution in [0.4, 0.5) is 0 Å². The average molecular weight is 319 g/mol. The van der Waals surface area contributed by atoms with Gasteiger partial charge in [-0.25, -0.2) is 0 Å². The number of primary amides is 1. The van der Waals surface area contributed by atoms with E-state index in [-0.39, 0.29) is 34.7 Å². The Morgan fingerprint density at radius 1 is 1.04 bits per heavy atom. The number of carbonyl (C=O) groups excluding carboxylic acids is 2. The van der Waals surface area contributed by atoms with E-state index in [0.29, 0.717) is 24.2 Å². The number of rotatable bonds is 1. The van der Waals surface area contributed by atoms with E-state index in [1.54, 1.807) is 0 Å². The van der Waals surface area contributed by atoms with Gasteiger partial charge in [-0.3, -0.25) is 9.59 Å². The summed E-state index contributed by atoms with van der Waals surface area (Å²) < 4.78 is 5.73. The number of esters is 1. The molecule has 128 valence electrons. The molecule has 0 aromatic heterocycles. The molecule has 1 amide bonds. The van der Waals surface area contributed by atoms with E-state index in [4.69, 9.17) is 10.5 Å². The number of carbonyl (C=O) groups is 2. The maximum absolute atomic E-state index is 11.9. The zero-order valence-corrected chi connectivity index (χ0v) is 14.3. The number of amides is 1. The molecule has 4 fully saturated rings. The molecule has 4 rings (SSSR count). The Morgan fingerprint density at radius 2 is 1.78 bits per heavy atom. The van der Waals surface area contributed by atoms with Crippen molar-refractivity contribution in [3.8, 4) is 0 Å². The van der Waals surface area contributed by atoms with Crippen molar-refractivity contribution >= 4 is 11.9 Å². The molecule has 4 heteroatoms. The minimum atomic E-state index is -0.0973. The summed E-state index contributed by atoms with van der Waals surface area (Å²) in [6, 6.07) is 0. The second-order valence-electron chi connectivity index (χ2n) is 9.02. The van der Waals surface area contributed by atoms with Crippen molar-refractivity contribution in [2.75, 3.05) is 0 Å². The van der Waals surface area contributed by atoms with Crippen molar-refractivity contribution in [1.82, 2.24) is 0 Å². The van der Waals surface area contributed by atoms with E-state index >= 15 is 0 Å². The summed E-state index contributed by atoms with van der Waals surface area (Å²) in [5, 5.41) is 0. The van der Waals surface area contributed by atoms with Gasteiger partial charge >= 0.3 is 5.97 Å². The molecule has 1 saturated heterocycles. The van der Waals surface area contributed by atoms with Crippen molar-refractivity contribution in [3.63, 3.8) is 0 Å². The van der Waals surface area contributed by atoms with Crippen molar-refractivity contribution in [1.29, 1.82) is 0 Å². The maximum atomic E-state index is 11.9. The second kappa shape index (κ2) is 4.97. The Balaban J connectivity index is 1.63. The summed E-state index contributed by atoms with van der Waals surface area (Å²) in [6.45, 7) is 4.66. The first-order valence-electron chi connectivity index (χ1n) is 9.35. The first-order valence-corrected chi connectivity index (χ1v) is 9.35. The fourth-order valence-corrected chi connectivity index (χ4v) is 7.02. The van der Waals surface area contributed by atoms with Crippen molar-refractivity contribution in [2.24, 2.45) is 40.2 Å². The minimum Gasteiger partial charge on any atom is -0.462 e. The third-order valence-electron chi connectivity index (χ3n) is 8.27. The molecular weight excluding hydrogens is 290 g/mol. The topological polar surface area (TPSA) is 69.4 Å². The van der Waals surface area contributed by atoms with Crippen molar-refractivity contribution < 1.29 is 14.3 Å². The third kappa shape index (κ3) is 2.02. The van der Waals surface area contributed by atoms with E-state index in [9.17, 15) is 9.59 Å². The lowest BCUT2D eigenvalue weighted by atomic mass is 9.47. The molecule has 23 heavy (non-hydrogen) atoms. The van der Waals surface area contributed by atoms with Crippen LogP contribution in [-0.4, -0.2) is 18.0 Å². The van der Waals surface area contributed by atoms with Crippen LogP contribution < -0.4 is 5.73 Å². The number of fused-ring (bicyclic) bond motifs is 5. The Hall–Kier alpha value is -1.06. The van der Waals surface area contributed by atoms with Crippen LogP contribution in [0.2, 0.25) is 0 Å². The Kier molecular flexibility index (Phi) is 3.34. The van der Waals surface area contributed by atoms with Crippen LogP contribution in [0.25, 0.3) is 0 Å². The molecule has 0 aromatic carbocycles. The van der Waals surface area contributed by atoms with Gasteiger partial charge in [0.2, 0.25) is 5.91 Å². The van der Waals surface area contributed by atoms with E-state index in [1.165, 1.54) is 0 Å². The van der Waals surface area contributed by atoms with Gasteiger partial charge in [-0.15, -0.1) is 0 Å². The Bertz CT molecular complexity index is 547. The fraction of sp³-hybridized carbons (Fsp3) is 0.895. The number of ether oxygens (including phenoxy) is 1. The summed E-state index contributed by atoms with van der Waals surface area (Å²) in [5.74, 6) is 1.88. The monoisotopic (exact) mass is 319 g/mol. The van der Waals surface area contributed by atoms with Gasteiger partial charge < -0.3 is 10.5 Å². The zero-order chi connectivity index (χ0) is 16.4. The molecule has 0 radical (unpaired) electrons. The summed E-state index contributed by atoms with van der Waals surface area (Å²) >= 11 is 0. The Morgan fingerprint density at radius 3 is 2.52 bits per heavy atom. The molecule has 4 nitrogen and oxygen atoms in total. The highest BCUT2D eigenvalue weighted by molar-refractivity contribution is 5.78. The number of hydrogen-bond donors (Lipinski definition) is 1. The molecule has 1 heterocycles. The lowest BCUT2D eigenvalue weighted by molar-refractivity contribution is -0.192. The van der Waals surface area contributed by atoms with Gasteiger partial charge in [0.1, 0.15) is 6.10 Å². The van der Waals surface area contributed by atoms with Gasteiger partial charge in [0.15, 0.2) is 0 Å². The molecule has 7 atom stereocenters. The van der Waals surface area contributed by atoms with Crippen LogP contribution in [0, 0.1) is 34.5 Å². The smallest absolute Gasteiger partial charge is 0.306 e. The van der Waals surface area contributed by atoms with Crippen molar-refractivity contribution in [2.45, 2.75) is 71.3 Å². The van der Waals surface area contributed by atoms with Gasteiger partial charge in [0.25, 0.3) is 0 Å². The van der Waals surface area contributed by atoms with Crippen molar-refractivity contribution in [3.05, 3.63) is 0 Å². The van der Waals surface area contributed by atoms with E-state index in [1.807, 2.05) is 0 Å². The summed E-state index contributed by atoms with van der Waals surface area (Å²) in [6.07, 6.45) is 8.17. The van der Waals surface area contributed by atoms with E-state index in [2.05, 4.69) is 13.8 Å². The highest BCUT2D eigenvalue weighted by Gasteiger charge is 2.61. The third-order valence-corrected chi connectivity index (χ3v) is 8.27. The number of nitrogens with two attached hydrogens (primary N) is 1. The molecule has 0 unspecified atom stereocenters. The van der Waals surface area contributed by atoms with Crippen LogP contribution in [-0.2, 0) is 14.3 Å². The Labute approximate surface area is 138 Å². The average Bonchev–Trinajstić information content (AvgIpc) is 2.85. The van der Waals surface area contributed by atoms with Gasteiger partial charge in [0, 0.05) is 17.8 Å². The molecule has 0 spiro atoms. The second-order valence-corrected chi connectivity index (χ2v) is 9.02. The molecule has 1 aliphatic heterocycles. The molecule has 0 aromatic rings. The van der Waals surface area contributed by atoms with Crippen LogP contribution in [0.1, 0.15) is 65.2 Å². The van der Waals surface area contributed by atoms with Gasteiger partial charge in [-0.05, 0) is 68.1 Å². The molecule has 0 bridgehead atoms. The van der Waals surface area contributed by atoms with Gasteiger partial charge in [-0.1, -0.05) is 13.8 Å². The van der Waals surface area contributed by atoms with Gasteiger partial charge in [0.05, 0.1) is 0 Å². The quantitative estimate of drug-likeness (QED) is 0.755. The first-order chi connectivity index (χ1) is 10.9. The summed E-state index contributed by atoms with van der Waals surface area (Å²) in [5.41, 5.74) is 5.95. The fourth-order valence-electron chi connectivity index (χ4n) is 7.02. The zero-order valence-electron chi connectivity index (χ0n) is 14.3. The van der Waals surface area contributed by atoms with Gasteiger partial charge in [-0.2, -0.15) is 0 Å². The SMILES string of the molecule is C[C@]12CCC(=O)O[C@@H]1CC[C@@H]1[C@@H]2CC[C@]2(C)[C@@H](C(N)=O)CC[C@@H]12.